The summed E-state index contributed by atoms with van der Waals surface area (Å²) < 4.78 is 0. The average molecular weight is 260 g/mol. The van der Waals surface area contributed by atoms with Gasteiger partial charge < -0.3 is 5.73 Å². The van der Waals surface area contributed by atoms with Crippen molar-refractivity contribution in [2.24, 2.45) is 5.73 Å². The molecule has 0 aromatic heterocycles. The predicted molar refractivity (Wildman–Crippen MR) is 79.4 cm³/mol. The fourth-order valence-electron chi connectivity index (χ4n) is 2.60. The maximum atomic E-state index is 7.63. The fourth-order valence-corrected chi connectivity index (χ4v) is 2.60. The number of nitrogen functional groups attached to an aromatic ring is 1. The van der Waals surface area contributed by atoms with Crippen LogP contribution in [0.2, 0.25) is 0 Å². The van der Waals surface area contributed by atoms with E-state index in [0.717, 1.165) is 43.9 Å². The summed E-state index contributed by atoms with van der Waals surface area (Å²) in [6.45, 7) is 9.82. The van der Waals surface area contributed by atoms with Gasteiger partial charge in [-0.15, -0.1) is 0 Å². The van der Waals surface area contributed by atoms with Gasteiger partial charge in [0, 0.05) is 44.3 Å². The van der Waals surface area contributed by atoms with Crippen molar-refractivity contribution < 1.29 is 0 Å². The van der Waals surface area contributed by atoms with Crippen LogP contribution >= 0.6 is 0 Å². The van der Waals surface area contributed by atoms with E-state index in [1.807, 2.05) is 18.2 Å². The SMILES string of the molecule is CC(C)N1CCN(Cc2ccccc2C(=N)N)CC1. The number of hydrogen-bond acceptors (Lipinski definition) is 3. The summed E-state index contributed by atoms with van der Waals surface area (Å²) >= 11 is 0. The molecule has 0 saturated carbocycles. The topological polar surface area (TPSA) is 56.4 Å². The molecule has 1 fully saturated rings. The lowest BCUT2D eigenvalue weighted by Gasteiger charge is -2.37. The second-order valence-electron chi connectivity index (χ2n) is 5.48. The summed E-state index contributed by atoms with van der Waals surface area (Å²) in [7, 11) is 0. The maximum Gasteiger partial charge on any atom is 0.123 e. The Bertz CT molecular complexity index is 434. The molecule has 19 heavy (non-hydrogen) atoms. The standard InChI is InChI=1S/C15H24N4/c1-12(2)19-9-7-18(8-10-19)11-13-5-3-4-6-14(13)15(16)17/h3-6,12H,7-11H2,1-2H3,(H3,16,17). The molecule has 0 aliphatic carbocycles. The molecule has 4 heteroatoms. The third kappa shape index (κ3) is 3.55. The summed E-state index contributed by atoms with van der Waals surface area (Å²) in [6, 6.07) is 8.60. The monoisotopic (exact) mass is 260 g/mol. The van der Waals surface area contributed by atoms with E-state index in [4.69, 9.17) is 11.1 Å². The molecule has 0 spiro atoms. The van der Waals surface area contributed by atoms with Crippen LogP contribution in [0.4, 0.5) is 0 Å². The molecule has 1 aliphatic heterocycles. The van der Waals surface area contributed by atoms with E-state index in [1.165, 1.54) is 0 Å². The maximum absolute atomic E-state index is 7.63. The largest absolute Gasteiger partial charge is 0.384 e. The van der Waals surface area contributed by atoms with E-state index in [0.29, 0.717) is 6.04 Å². The summed E-state index contributed by atoms with van der Waals surface area (Å²) in [5.74, 6) is 0.163. The lowest BCUT2D eigenvalue weighted by Crippen LogP contribution is -2.48. The second-order valence-corrected chi connectivity index (χ2v) is 5.48. The van der Waals surface area contributed by atoms with Crippen molar-refractivity contribution in [2.75, 3.05) is 26.2 Å². The molecule has 0 atom stereocenters. The molecule has 1 saturated heterocycles. The summed E-state index contributed by atoms with van der Waals surface area (Å²) in [6.07, 6.45) is 0. The van der Waals surface area contributed by atoms with Crippen LogP contribution in [0.15, 0.2) is 24.3 Å². The highest BCUT2D eigenvalue weighted by atomic mass is 15.3. The zero-order valence-electron chi connectivity index (χ0n) is 11.9. The number of piperazine rings is 1. The molecule has 0 radical (unpaired) electrons. The van der Waals surface area contributed by atoms with Crippen molar-refractivity contribution in [3.8, 4) is 0 Å². The Morgan fingerprint density at radius 2 is 1.84 bits per heavy atom. The molecule has 4 nitrogen and oxygen atoms in total. The van der Waals surface area contributed by atoms with E-state index in [9.17, 15) is 0 Å². The van der Waals surface area contributed by atoms with Gasteiger partial charge in [0.05, 0.1) is 0 Å². The minimum Gasteiger partial charge on any atom is -0.384 e. The van der Waals surface area contributed by atoms with Gasteiger partial charge in [-0.1, -0.05) is 24.3 Å². The first-order valence-electron chi connectivity index (χ1n) is 6.96. The van der Waals surface area contributed by atoms with Crippen LogP contribution in [0, 0.1) is 5.41 Å². The Labute approximate surface area is 115 Å². The first-order valence-corrected chi connectivity index (χ1v) is 6.96. The molecular formula is C15H24N4. The van der Waals surface area contributed by atoms with Crippen molar-refractivity contribution in [2.45, 2.75) is 26.4 Å². The van der Waals surface area contributed by atoms with Crippen molar-refractivity contribution in [3.63, 3.8) is 0 Å². The lowest BCUT2D eigenvalue weighted by molar-refractivity contribution is 0.104. The lowest BCUT2D eigenvalue weighted by atomic mass is 10.1. The number of nitrogens with zero attached hydrogens (tertiary/aromatic N) is 2. The van der Waals surface area contributed by atoms with Gasteiger partial charge in [-0.25, -0.2) is 0 Å². The van der Waals surface area contributed by atoms with Crippen LogP contribution in [0.1, 0.15) is 25.0 Å². The smallest absolute Gasteiger partial charge is 0.123 e. The van der Waals surface area contributed by atoms with Gasteiger partial charge in [0.1, 0.15) is 5.84 Å². The van der Waals surface area contributed by atoms with Gasteiger partial charge in [-0.3, -0.25) is 15.2 Å². The minimum absolute atomic E-state index is 0.163. The van der Waals surface area contributed by atoms with Crippen LogP contribution < -0.4 is 5.73 Å². The Hall–Kier alpha value is -1.39. The molecule has 1 aromatic carbocycles. The van der Waals surface area contributed by atoms with Gasteiger partial charge in [0.2, 0.25) is 0 Å². The molecule has 0 amide bonds. The number of benzene rings is 1. The normalized spacial score (nSPS) is 17.8. The molecule has 1 aromatic rings. The van der Waals surface area contributed by atoms with E-state index in [2.05, 4.69) is 29.7 Å². The van der Waals surface area contributed by atoms with Crippen molar-refractivity contribution in [3.05, 3.63) is 35.4 Å². The van der Waals surface area contributed by atoms with Crippen LogP contribution in [-0.4, -0.2) is 47.9 Å². The quantitative estimate of drug-likeness (QED) is 0.637. The first-order chi connectivity index (χ1) is 9.08. The first kappa shape index (κ1) is 14.0. The van der Waals surface area contributed by atoms with Crippen LogP contribution in [0.5, 0.6) is 0 Å². The van der Waals surface area contributed by atoms with Crippen molar-refractivity contribution in [1.29, 1.82) is 5.41 Å². The van der Waals surface area contributed by atoms with E-state index < -0.39 is 0 Å². The third-order valence-corrected chi connectivity index (χ3v) is 3.84. The molecule has 0 bridgehead atoms. The Balaban J connectivity index is 1.98. The molecule has 2 rings (SSSR count). The van der Waals surface area contributed by atoms with E-state index in [1.54, 1.807) is 0 Å². The summed E-state index contributed by atoms with van der Waals surface area (Å²) in [5.41, 5.74) is 7.67. The fraction of sp³-hybridized carbons (Fsp3) is 0.533. The zero-order chi connectivity index (χ0) is 13.8. The van der Waals surface area contributed by atoms with E-state index >= 15 is 0 Å². The van der Waals surface area contributed by atoms with Gasteiger partial charge in [0.15, 0.2) is 0 Å². The zero-order valence-corrected chi connectivity index (χ0v) is 11.9. The highest BCUT2D eigenvalue weighted by Crippen LogP contribution is 2.14. The minimum atomic E-state index is 0.163. The highest BCUT2D eigenvalue weighted by Gasteiger charge is 2.19. The molecule has 1 aliphatic rings. The van der Waals surface area contributed by atoms with Crippen LogP contribution in [0.25, 0.3) is 0 Å². The molecule has 104 valence electrons. The summed E-state index contributed by atoms with van der Waals surface area (Å²) in [4.78, 5) is 4.95. The molecule has 1 heterocycles. The number of rotatable bonds is 4. The molecule has 3 N–H and O–H groups in total. The van der Waals surface area contributed by atoms with Crippen LogP contribution in [0.3, 0.4) is 0 Å². The number of nitrogens with two attached hydrogens (primary N) is 1. The highest BCUT2D eigenvalue weighted by molar-refractivity contribution is 5.96. The predicted octanol–water partition coefficient (Wildman–Crippen LogP) is 1.50. The Morgan fingerprint density at radius 1 is 1.21 bits per heavy atom. The number of nitrogens with one attached hydrogen (secondary N) is 1. The van der Waals surface area contributed by atoms with Gasteiger partial charge in [0.25, 0.3) is 0 Å². The van der Waals surface area contributed by atoms with E-state index in [-0.39, 0.29) is 5.84 Å². The second kappa shape index (κ2) is 6.17. The average Bonchev–Trinajstić information content (AvgIpc) is 2.39. The Morgan fingerprint density at radius 3 is 2.42 bits per heavy atom. The molecular weight excluding hydrogens is 236 g/mol. The van der Waals surface area contributed by atoms with Crippen molar-refractivity contribution >= 4 is 5.84 Å². The van der Waals surface area contributed by atoms with Crippen molar-refractivity contribution in [1.82, 2.24) is 9.80 Å². The van der Waals surface area contributed by atoms with Crippen LogP contribution in [-0.2, 0) is 6.54 Å². The number of amidine groups is 1. The van der Waals surface area contributed by atoms with Gasteiger partial charge in [-0.05, 0) is 19.4 Å². The summed E-state index contributed by atoms with van der Waals surface area (Å²) in [5, 5.41) is 7.63. The molecule has 0 unspecified atom stereocenters. The van der Waals surface area contributed by atoms with Gasteiger partial charge in [-0.2, -0.15) is 0 Å². The Kier molecular flexibility index (Phi) is 4.56. The third-order valence-electron chi connectivity index (χ3n) is 3.84. The number of hydrogen-bond donors (Lipinski definition) is 2. The van der Waals surface area contributed by atoms with Gasteiger partial charge >= 0.3 is 0 Å².